The standard InChI is InChI=1S/C52H84N2.2CH3.Ni/c1-5-9-12-14-16-18-20-22-24-26-28-30-32-34-45-37-41-47(42-38-45)51-49(8-4)50(36-11-7-3)52(54(51)53)48-43-39-46(40-44-48)35-33-31-29-27-25-23-21-19-17-15-13-10-6-2;;;/h37-44H,5-36H2,1-4H3;2*1H3;/q;2*-1;+2. The Bertz CT molecular complexity index is 1320. The number of allylic oxidation sites excluding steroid dienone is 2. The summed E-state index contributed by atoms with van der Waals surface area (Å²) in [5, 5.41) is 0. The molecule has 2 nitrogen and oxygen atoms in total. The summed E-state index contributed by atoms with van der Waals surface area (Å²) in [6, 6.07) is 18.3. The number of benzene rings is 2. The van der Waals surface area contributed by atoms with E-state index in [1.165, 1.54) is 194 Å². The summed E-state index contributed by atoms with van der Waals surface area (Å²) in [5.74, 6) is 0. The van der Waals surface area contributed by atoms with E-state index in [-0.39, 0.29) is 31.3 Å². The van der Waals surface area contributed by atoms with Gasteiger partial charge < -0.3 is 20.4 Å². The second-order valence-electron chi connectivity index (χ2n) is 16.8. The number of hydrogen-bond acceptors (Lipinski definition) is 0. The van der Waals surface area contributed by atoms with Gasteiger partial charge >= 0.3 is 16.5 Å². The minimum Gasteiger partial charge on any atom is -0.493 e. The number of unbranched alkanes of at least 4 members (excludes halogenated alkanes) is 25. The minimum absolute atomic E-state index is 0. The van der Waals surface area contributed by atoms with Crippen molar-refractivity contribution in [3.05, 3.63) is 102 Å². The molecule has 2 aromatic rings. The molecule has 3 rings (SSSR count). The second-order valence-corrected chi connectivity index (χ2v) is 16.8. The third-order valence-corrected chi connectivity index (χ3v) is 12.1. The Balaban J connectivity index is 0.0000105. The maximum atomic E-state index is 11.9. The predicted molar refractivity (Wildman–Crippen MR) is 252 cm³/mol. The third kappa shape index (κ3) is 21.7. The zero-order chi connectivity index (χ0) is 38.5. The van der Waals surface area contributed by atoms with Gasteiger partial charge in [-0.3, -0.25) is 0 Å². The van der Waals surface area contributed by atoms with Crippen LogP contribution in [0.4, 0.5) is 0 Å². The second kappa shape index (κ2) is 35.9. The Morgan fingerprint density at radius 3 is 0.930 bits per heavy atom. The fourth-order valence-electron chi connectivity index (χ4n) is 8.60. The molecular weight excluding hydrogens is 735 g/mol. The van der Waals surface area contributed by atoms with Gasteiger partial charge in [0.1, 0.15) is 0 Å². The van der Waals surface area contributed by atoms with Crippen molar-refractivity contribution in [2.75, 3.05) is 0 Å². The Hall–Kier alpha value is -1.99. The summed E-state index contributed by atoms with van der Waals surface area (Å²) in [6.07, 6.45) is 42.8. The van der Waals surface area contributed by atoms with Crippen molar-refractivity contribution in [1.29, 1.82) is 0 Å². The van der Waals surface area contributed by atoms with Crippen LogP contribution in [-0.4, -0.2) is 4.70 Å². The van der Waals surface area contributed by atoms with Gasteiger partial charge in [-0.2, -0.15) is 0 Å². The molecule has 3 heteroatoms. The first kappa shape index (κ1) is 55.0. The molecule has 326 valence electrons. The molecule has 0 unspecified atom stereocenters. The van der Waals surface area contributed by atoms with Crippen LogP contribution < -0.4 is 0 Å². The summed E-state index contributed by atoms with van der Waals surface area (Å²) in [4.78, 5) is 0. The predicted octanol–water partition coefficient (Wildman–Crippen LogP) is 18.6. The van der Waals surface area contributed by atoms with Crippen LogP contribution >= 0.6 is 0 Å². The zero-order valence-corrected chi connectivity index (χ0v) is 39.4. The quantitative estimate of drug-likeness (QED) is 0.0291. The van der Waals surface area contributed by atoms with Crippen LogP contribution in [0.3, 0.4) is 0 Å². The van der Waals surface area contributed by atoms with Gasteiger partial charge in [0.25, 0.3) is 0 Å². The van der Waals surface area contributed by atoms with Crippen molar-refractivity contribution in [3.8, 4) is 0 Å². The monoisotopic (exact) mass is 825 g/mol. The fourth-order valence-corrected chi connectivity index (χ4v) is 8.60. The Kier molecular flexibility index (Phi) is 34.7. The molecule has 0 fully saturated rings. The fraction of sp³-hybridized carbons (Fsp3) is 0.667. The molecule has 1 heterocycles. The first-order valence-corrected chi connectivity index (χ1v) is 23.8. The Morgan fingerprint density at radius 1 is 0.351 bits per heavy atom. The van der Waals surface area contributed by atoms with Gasteiger partial charge in [0, 0.05) is 22.3 Å². The van der Waals surface area contributed by atoms with Crippen molar-refractivity contribution in [3.63, 3.8) is 0 Å². The van der Waals surface area contributed by atoms with E-state index >= 15 is 0 Å². The van der Waals surface area contributed by atoms with Crippen molar-refractivity contribution >= 4 is 11.4 Å². The average Bonchev–Trinajstić information content (AvgIpc) is 3.48. The average molecular weight is 826 g/mol. The largest absolute Gasteiger partial charge is 2.00 e. The molecule has 2 aromatic carbocycles. The molecule has 0 atom stereocenters. The molecule has 0 bridgehead atoms. The van der Waals surface area contributed by atoms with E-state index in [4.69, 9.17) is 0 Å². The van der Waals surface area contributed by atoms with Crippen LogP contribution in [-0.2, 0) is 29.3 Å². The van der Waals surface area contributed by atoms with E-state index in [1.54, 1.807) is 0 Å². The van der Waals surface area contributed by atoms with Gasteiger partial charge in [0.05, 0.1) is 0 Å². The third-order valence-electron chi connectivity index (χ3n) is 12.1. The summed E-state index contributed by atoms with van der Waals surface area (Å²) < 4.78 is 1.53. The first-order chi connectivity index (χ1) is 26.6. The number of nitrogens with zero attached hydrogens (tertiary/aromatic N) is 2. The van der Waals surface area contributed by atoms with Crippen LogP contribution in [0, 0.1) is 14.9 Å². The van der Waals surface area contributed by atoms with Crippen LogP contribution in [0.2, 0.25) is 0 Å². The van der Waals surface area contributed by atoms with Crippen LogP contribution in [0.15, 0.2) is 59.7 Å². The van der Waals surface area contributed by atoms with Gasteiger partial charge in [-0.05, 0) is 80.3 Å². The molecule has 0 spiro atoms. The van der Waals surface area contributed by atoms with E-state index < -0.39 is 0 Å². The maximum Gasteiger partial charge on any atom is 2.00 e. The summed E-state index contributed by atoms with van der Waals surface area (Å²) >= 11 is 0. The molecule has 0 radical (unpaired) electrons. The van der Waals surface area contributed by atoms with E-state index in [2.05, 4.69) is 76.2 Å². The normalized spacial score (nSPS) is 12.5. The van der Waals surface area contributed by atoms with Gasteiger partial charge in [-0.25, -0.2) is 4.70 Å². The molecule has 57 heavy (non-hydrogen) atoms. The van der Waals surface area contributed by atoms with Crippen molar-refractivity contribution in [2.24, 2.45) is 0 Å². The van der Waals surface area contributed by atoms with Gasteiger partial charge in [-0.1, -0.05) is 212 Å². The number of rotatable bonds is 34. The smallest absolute Gasteiger partial charge is 0.493 e. The number of hydrogen-bond donors (Lipinski definition) is 0. The molecule has 0 N–H and O–H groups in total. The summed E-state index contributed by atoms with van der Waals surface area (Å²) in [7, 11) is 0. The zero-order valence-electron chi connectivity index (χ0n) is 38.5. The summed E-state index contributed by atoms with van der Waals surface area (Å²) in [6.45, 7) is 9.11. The molecule has 0 aromatic heterocycles. The molecule has 0 amide bonds. The Morgan fingerprint density at radius 2 is 0.632 bits per heavy atom. The molecular formula is C54H90N2Ni. The molecule has 0 saturated carbocycles. The van der Waals surface area contributed by atoms with Crippen LogP contribution in [0.1, 0.15) is 243 Å². The minimum atomic E-state index is 0. The van der Waals surface area contributed by atoms with E-state index in [0.717, 1.165) is 61.0 Å². The van der Waals surface area contributed by atoms with E-state index in [9.17, 15) is 5.53 Å². The molecule has 0 saturated heterocycles. The van der Waals surface area contributed by atoms with Crippen molar-refractivity contribution in [2.45, 2.75) is 233 Å². The topological polar surface area (TPSA) is 25.3 Å². The molecule has 1 aliphatic rings. The molecule has 0 aliphatic carbocycles. The van der Waals surface area contributed by atoms with E-state index in [1.807, 2.05) is 0 Å². The Labute approximate surface area is 366 Å². The van der Waals surface area contributed by atoms with Gasteiger partial charge in [-0.15, -0.1) is 0 Å². The van der Waals surface area contributed by atoms with Crippen molar-refractivity contribution < 1.29 is 21.2 Å². The SMILES string of the molecule is CCCCCCCCCCCCCCCc1ccc(C2=C(CC)C(CCCC)=C(c3ccc(CCCCCCCCCCCCCCC)cc3)[N+]2=[N-])cc1.[CH3-].[CH3-].[Ni+2]. The first-order valence-electron chi connectivity index (χ1n) is 23.8. The summed E-state index contributed by atoms with van der Waals surface area (Å²) in [5.41, 5.74) is 21.6. The number of aryl methyl sites for hydroxylation is 2. The van der Waals surface area contributed by atoms with E-state index in [0.29, 0.717) is 0 Å². The molecule has 1 aliphatic heterocycles. The van der Waals surface area contributed by atoms with Crippen LogP contribution in [0.25, 0.3) is 16.9 Å². The maximum absolute atomic E-state index is 11.9. The van der Waals surface area contributed by atoms with Crippen molar-refractivity contribution in [1.82, 2.24) is 0 Å². The van der Waals surface area contributed by atoms with Gasteiger partial charge in [0.2, 0.25) is 11.4 Å². The van der Waals surface area contributed by atoms with Crippen LogP contribution in [0.5, 0.6) is 0 Å². The van der Waals surface area contributed by atoms with Gasteiger partial charge in [0.15, 0.2) is 0 Å².